The van der Waals surface area contributed by atoms with Crippen molar-refractivity contribution in [3.63, 3.8) is 0 Å². The second-order valence-electron chi connectivity index (χ2n) is 6.66. The number of aromatic nitrogens is 3. The van der Waals surface area contributed by atoms with Crippen LogP contribution in [-0.2, 0) is 6.42 Å². The quantitative estimate of drug-likeness (QED) is 0.356. The third-order valence-corrected chi connectivity index (χ3v) is 5.36. The van der Waals surface area contributed by atoms with Gasteiger partial charge < -0.3 is 10.3 Å². The van der Waals surface area contributed by atoms with Crippen LogP contribution in [0.4, 0.5) is 0 Å². The van der Waals surface area contributed by atoms with Crippen molar-refractivity contribution in [1.82, 2.24) is 19.9 Å². The first kappa shape index (κ1) is 18.0. The topological polar surface area (TPSA) is 45.6 Å². The maximum atomic E-state index is 6.13. The summed E-state index contributed by atoms with van der Waals surface area (Å²) in [4.78, 5) is 7.58. The summed E-state index contributed by atoms with van der Waals surface area (Å²) in [7, 11) is 0. The number of H-pyrrole nitrogens is 1. The molecular formula is C21H21ClN4S. The van der Waals surface area contributed by atoms with E-state index in [1.54, 1.807) is 6.20 Å². The molecule has 0 radical (unpaired) electrons. The maximum Gasteiger partial charge on any atom is 0.177 e. The molecule has 0 aliphatic heterocycles. The molecule has 2 N–H and O–H groups in total. The summed E-state index contributed by atoms with van der Waals surface area (Å²) in [6.07, 6.45) is 8.79. The molecule has 27 heavy (non-hydrogen) atoms. The van der Waals surface area contributed by atoms with E-state index in [9.17, 15) is 0 Å². The average molecular weight is 397 g/mol. The predicted molar refractivity (Wildman–Crippen MR) is 117 cm³/mol. The fraction of sp³-hybridized carbons (Fsp3) is 0.238. The molecule has 0 aliphatic carbocycles. The summed E-state index contributed by atoms with van der Waals surface area (Å²) in [5.41, 5.74) is 4.42. The molecule has 4 aromatic rings. The molecule has 0 spiro atoms. The number of rotatable bonds is 5. The summed E-state index contributed by atoms with van der Waals surface area (Å²) in [5, 5.41) is 7.01. The highest BCUT2D eigenvalue weighted by atomic mass is 35.5. The first-order chi connectivity index (χ1) is 13.2. The number of pyridine rings is 1. The first-order valence-electron chi connectivity index (χ1n) is 9.16. The number of nitrogens with one attached hydrogen (secondary N) is 2. The molecule has 0 bridgehead atoms. The molecule has 0 aliphatic rings. The van der Waals surface area contributed by atoms with E-state index < -0.39 is 0 Å². The van der Waals surface area contributed by atoms with Crippen molar-refractivity contribution in [2.24, 2.45) is 0 Å². The second-order valence-corrected chi connectivity index (χ2v) is 7.48. The van der Waals surface area contributed by atoms with Crippen molar-refractivity contribution in [2.45, 2.75) is 26.2 Å². The number of hydrogen-bond donors (Lipinski definition) is 2. The molecule has 138 valence electrons. The Labute approximate surface area is 168 Å². The summed E-state index contributed by atoms with van der Waals surface area (Å²) in [5.74, 6) is 0. The SMILES string of the molecule is CCCCNC(=S)n1ccc2c(Cc3c[nH]c4ncc(Cl)cc34)cccc21. The monoisotopic (exact) mass is 396 g/mol. The van der Waals surface area contributed by atoms with Gasteiger partial charge in [-0.25, -0.2) is 4.98 Å². The van der Waals surface area contributed by atoms with E-state index in [1.165, 1.54) is 16.5 Å². The van der Waals surface area contributed by atoms with Gasteiger partial charge in [-0.15, -0.1) is 0 Å². The van der Waals surface area contributed by atoms with Gasteiger partial charge in [0, 0.05) is 42.3 Å². The molecule has 0 fully saturated rings. The standard InChI is InChI=1S/C21H21ClN4S/c1-2-3-8-23-21(27)26-9-7-17-14(5-4-6-19(17)26)10-15-12-24-20-18(15)11-16(22)13-25-20/h4-7,9,11-13H,2-3,8,10H2,1H3,(H,23,27)(H,24,25). The lowest BCUT2D eigenvalue weighted by atomic mass is 10.0. The van der Waals surface area contributed by atoms with Crippen LogP contribution >= 0.6 is 23.8 Å². The van der Waals surface area contributed by atoms with Crippen LogP contribution in [0.2, 0.25) is 5.02 Å². The van der Waals surface area contributed by atoms with Gasteiger partial charge in [-0.05, 0) is 48.0 Å². The predicted octanol–water partition coefficient (Wildman–Crippen LogP) is 5.28. The molecule has 3 aromatic heterocycles. The number of aromatic amines is 1. The molecule has 0 amide bonds. The largest absolute Gasteiger partial charge is 0.362 e. The molecule has 0 atom stereocenters. The van der Waals surface area contributed by atoms with Gasteiger partial charge in [0.25, 0.3) is 0 Å². The van der Waals surface area contributed by atoms with Crippen LogP contribution in [0.25, 0.3) is 21.9 Å². The lowest BCUT2D eigenvalue weighted by Crippen LogP contribution is -2.28. The Morgan fingerprint density at radius 2 is 2.15 bits per heavy atom. The highest BCUT2D eigenvalue weighted by molar-refractivity contribution is 7.80. The van der Waals surface area contributed by atoms with Gasteiger partial charge in [-0.1, -0.05) is 37.1 Å². The Bertz CT molecular complexity index is 1110. The zero-order chi connectivity index (χ0) is 18.8. The number of hydrogen-bond acceptors (Lipinski definition) is 2. The van der Waals surface area contributed by atoms with Gasteiger partial charge in [-0.3, -0.25) is 4.57 Å². The van der Waals surface area contributed by atoms with Gasteiger partial charge in [0.05, 0.1) is 10.5 Å². The molecular weight excluding hydrogens is 376 g/mol. The van der Waals surface area contributed by atoms with Gasteiger partial charge in [-0.2, -0.15) is 0 Å². The fourth-order valence-electron chi connectivity index (χ4n) is 3.40. The van der Waals surface area contributed by atoms with E-state index in [1.807, 2.05) is 18.5 Å². The number of benzene rings is 1. The highest BCUT2D eigenvalue weighted by Crippen LogP contribution is 2.27. The Morgan fingerprint density at radius 3 is 3.00 bits per heavy atom. The van der Waals surface area contributed by atoms with E-state index in [0.29, 0.717) is 5.02 Å². The Hall–Kier alpha value is -2.37. The number of nitrogens with zero attached hydrogens (tertiary/aromatic N) is 2. The van der Waals surface area contributed by atoms with E-state index in [0.717, 1.165) is 47.5 Å². The highest BCUT2D eigenvalue weighted by Gasteiger charge is 2.11. The van der Waals surface area contributed by atoms with Crippen molar-refractivity contribution in [2.75, 3.05) is 6.54 Å². The molecule has 0 saturated heterocycles. The summed E-state index contributed by atoms with van der Waals surface area (Å²) < 4.78 is 2.05. The number of thiocarbonyl (C=S) groups is 1. The zero-order valence-corrected chi connectivity index (χ0v) is 16.7. The molecule has 4 nitrogen and oxygen atoms in total. The zero-order valence-electron chi connectivity index (χ0n) is 15.1. The smallest absolute Gasteiger partial charge is 0.177 e. The minimum absolute atomic E-state index is 0.649. The number of fused-ring (bicyclic) bond motifs is 2. The van der Waals surface area contributed by atoms with Crippen LogP contribution in [0.1, 0.15) is 30.9 Å². The van der Waals surface area contributed by atoms with Crippen molar-refractivity contribution in [3.05, 3.63) is 65.1 Å². The molecule has 0 unspecified atom stereocenters. The van der Waals surface area contributed by atoms with Crippen molar-refractivity contribution < 1.29 is 0 Å². The lowest BCUT2D eigenvalue weighted by Gasteiger charge is -2.10. The van der Waals surface area contributed by atoms with Crippen LogP contribution in [0, 0.1) is 0 Å². The van der Waals surface area contributed by atoms with E-state index in [-0.39, 0.29) is 0 Å². The van der Waals surface area contributed by atoms with Gasteiger partial charge in [0.2, 0.25) is 0 Å². The van der Waals surface area contributed by atoms with Gasteiger partial charge in [0.1, 0.15) is 5.65 Å². The molecule has 4 rings (SSSR count). The Kier molecular flexibility index (Phi) is 5.14. The Morgan fingerprint density at radius 1 is 1.26 bits per heavy atom. The third kappa shape index (κ3) is 3.57. The molecule has 0 saturated carbocycles. The Balaban J connectivity index is 1.66. The van der Waals surface area contributed by atoms with Gasteiger partial charge in [0.15, 0.2) is 5.11 Å². The lowest BCUT2D eigenvalue weighted by molar-refractivity contribution is 0.750. The fourth-order valence-corrected chi connectivity index (χ4v) is 3.82. The van der Waals surface area contributed by atoms with Crippen molar-refractivity contribution >= 4 is 50.9 Å². The third-order valence-electron chi connectivity index (χ3n) is 4.81. The summed E-state index contributed by atoms with van der Waals surface area (Å²) in [6, 6.07) is 10.5. The molecule has 1 aromatic carbocycles. The van der Waals surface area contributed by atoms with Gasteiger partial charge >= 0.3 is 0 Å². The van der Waals surface area contributed by atoms with Crippen molar-refractivity contribution in [3.8, 4) is 0 Å². The number of halogens is 1. The summed E-state index contributed by atoms with van der Waals surface area (Å²) in [6.45, 7) is 3.08. The maximum absolute atomic E-state index is 6.13. The van der Waals surface area contributed by atoms with Crippen LogP contribution in [0.15, 0.2) is 48.9 Å². The van der Waals surface area contributed by atoms with E-state index in [2.05, 4.69) is 51.0 Å². The minimum atomic E-state index is 0.649. The van der Waals surface area contributed by atoms with Crippen LogP contribution < -0.4 is 5.32 Å². The van der Waals surface area contributed by atoms with Crippen LogP contribution in [0.5, 0.6) is 0 Å². The molecule has 6 heteroatoms. The number of unbranched alkanes of at least 4 members (excludes halogenated alkanes) is 1. The summed E-state index contributed by atoms with van der Waals surface area (Å²) >= 11 is 11.7. The first-order valence-corrected chi connectivity index (χ1v) is 9.94. The average Bonchev–Trinajstić information content (AvgIpc) is 3.27. The van der Waals surface area contributed by atoms with Crippen LogP contribution in [-0.4, -0.2) is 26.2 Å². The van der Waals surface area contributed by atoms with Crippen LogP contribution in [0.3, 0.4) is 0 Å². The van der Waals surface area contributed by atoms with E-state index >= 15 is 0 Å². The normalized spacial score (nSPS) is 11.3. The second kappa shape index (κ2) is 7.71. The molecule has 3 heterocycles. The minimum Gasteiger partial charge on any atom is -0.362 e. The van der Waals surface area contributed by atoms with E-state index in [4.69, 9.17) is 23.8 Å². The van der Waals surface area contributed by atoms with Crippen molar-refractivity contribution in [1.29, 1.82) is 0 Å².